The van der Waals surface area contributed by atoms with Crippen molar-refractivity contribution < 1.29 is 4.74 Å². The molecule has 100 valence electrons. The van der Waals surface area contributed by atoms with Crippen LogP contribution in [0.5, 0.6) is 0 Å². The van der Waals surface area contributed by atoms with Crippen LogP contribution in [0.3, 0.4) is 0 Å². The molecule has 1 aliphatic heterocycles. The highest BCUT2D eigenvalue weighted by Crippen LogP contribution is 2.31. The number of nitrogens with two attached hydrogens (primary N) is 1. The van der Waals surface area contributed by atoms with E-state index in [9.17, 15) is 0 Å². The van der Waals surface area contributed by atoms with Crippen molar-refractivity contribution in [2.45, 2.75) is 44.2 Å². The molecule has 1 saturated heterocycles. The van der Waals surface area contributed by atoms with Crippen molar-refractivity contribution >= 4 is 23.2 Å². The van der Waals surface area contributed by atoms with Crippen molar-refractivity contribution in [3.05, 3.63) is 33.8 Å². The second-order valence-electron chi connectivity index (χ2n) is 4.82. The number of benzene rings is 1. The van der Waals surface area contributed by atoms with E-state index in [1.807, 2.05) is 12.1 Å². The third kappa shape index (κ3) is 3.61. The molecule has 0 radical (unpaired) electrons. The zero-order valence-corrected chi connectivity index (χ0v) is 11.9. The fourth-order valence-electron chi connectivity index (χ4n) is 2.36. The van der Waals surface area contributed by atoms with Gasteiger partial charge in [0, 0.05) is 12.6 Å². The van der Waals surface area contributed by atoms with Gasteiger partial charge in [-0.25, -0.2) is 0 Å². The maximum absolute atomic E-state index is 6.18. The van der Waals surface area contributed by atoms with Gasteiger partial charge in [0.25, 0.3) is 0 Å². The first kappa shape index (κ1) is 14.1. The number of hydrogen-bond donors (Lipinski definition) is 1. The predicted molar refractivity (Wildman–Crippen MR) is 76.2 cm³/mol. The Kier molecular flexibility index (Phi) is 5.31. The molecule has 4 heteroatoms. The second kappa shape index (κ2) is 6.76. The van der Waals surface area contributed by atoms with E-state index in [1.54, 1.807) is 6.07 Å². The van der Waals surface area contributed by atoms with Crippen molar-refractivity contribution in [1.82, 2.24) is 0 Å². The smallest absolute Gasteiger partial charge is 0.0639 e. The zero-order chi connectivity index (χ0) is 13.0. The van der Waals surface area contributed by atoms with Crippen LogP contribution in [0.1, 0.15) is 43.7 Å². The Bertz CT molecular complexity index is 391. The minimum absolute atomic E-state index is 0.0678. The Balaban J connectivity index is 1.90. The van der Waals surface area contributed by atoms with Crippen LogP contribution in [0.4, 0.5) is 0 Å². The molecule has 1 heterocycles. The molecule has 0 saturated carbocycles. The van der Waals surface area contributed by atoms with Gasteiger partial charge in [-0.3, -0.25) is 0 Å². The highest BCUT2D eigenvalue weighted by atomic mass is 35.5. The Labute approximate surface area is 118 Å². The van der Waals surface area contributed by atoms with Crippen LogP contribution in [0.15, 0.2) is 18.2 Å². The Morgan fingerprint density at radius 1 is 1.33 bits per heavy atom. The minimum Gasteiger partial charge on any atom is -0.378 e. The van der Waals surface area contributed by atoms with Gasteiger partial charge in [0.15, 0.2) is 0 Å². The van der Waals surface area contributed by atoms with Crippen molar-refractivity contribution in [3.63, 3.8) is 0 Å². The molecule has 0 spiro atoms. The average Bonchev–Trinajstić information content (AvgIpc) is 2.40. The number of hydrogen-bond acceptors (Lipinski definition) is 2. The molecule has 0 bridgehead atoms. The van der Waals surface area contributed by atoms with Crippen LogP contribution in [0.25, 0.3) is 0 Å². The van der Waals surface area contributed by atoms with Crippen LogP contribution < -0.4 is 5.73 Å². The van der Waals surface area contributed by atoms with Gasteiger partial charge >= 0.3 is 0 Å². The Hall–Kier alpha value is -0.280. The van der Waals surface area contributed by atoms with E-state index in [2.05, 4.69) is 0 Å². The van der Waals surface area contributed by atoms with Crippen LogP contribution >= 0.6 is 23.2 Å². The first-order valence-corrected chi connectivity index (χ1v) is 7.25. The summed E-state index contributed by atoms with van der Waals surface area (Å²) in [4.78, 5) is 0. The third-order valence-corrected chi connectivity index (χ3v) is 4.29. The first-order chi connectivity index (χ1) is 8.68. The van der Waals surface area contributed by atoms with Crippen molar-refractivity contribution in [2.24, 2.45) is 5.73 Å². The molecule has 2 nitrogen and oxygen atoms in total. The molecular formula is C14H19Cl2NO. The van der Waals surface area contributed by atoms with Gasteiger partial charge in [0.05, 0.1) is 16.1 Å². The molecule has 18 heavy (non-hydrogen) atoms. The van der Waals surface area contributed by atoms with E-state index in [0.717, 1.165) is 31.4 Å². The van der Waals surface area contributed by atoms with E-state index in [-0.39, 0.29) is 6.04 Å². The van der Waals surface area contributed by atoms with Gasteiger partial charge in [-0.2, -0.15) is 0 Å². The Morgan fingerprint density at radius 2 is 2.17 bits per heavy atom. The third-order valence-electron chi connectivity index (χ3n) is 3.45. The predicted octanol–water partition coefficient (Wildman–Crippen LogP) is 4.34. The van der Waals surface area contributed by atoms with E-state index < -0.39 is 0 Å². The van der Waals surface area contributed by atoms with Gasteiger partial charge in [-0.15, -0.1) is 0 Å². The molecule has 2 N–H and O–H groups in total. The summed E-state index contributed by atoms with van der Waals surface area (Å²) in [5, 5.41) is 1.15. The van der Waals surface area contributed by atoms with Crippen LogP contribution in [-0.2, 0) is 4.74 Å². The summed E-state index contributed by atoms with van der Waals surface area (Å²) in [5.41, 5.74) is 7.11. The second-order valence-corrected chi connectivity index (χ2v) is 5.60. The van der Waals surface area contributed by atoms with Crippen LogP contribution in [-0.4, -0.2) is 12.7 Å². The van der Waals surface area contributed by atoms with Crippen molar-refractivity contribution in [1.29, 1.82) is 0 Å². The standard InChI is InChI=1S/C14H19Cl2NO/c15-12-6-3-5-11(14(12)16)13(17)8-7-10-4-1-2-9-18-10/h3,5-6,10,13H,1-2,4,7-9,17H2. The van der Waals surface area contributed by atoms with E-state index in [1.165, 1.54) is 12.8 Å². The summed E-state index contributed by atoms with van der Waals surface area (Å²) < 4.78 is 5.70. The fourth-order valence-corrected chi connectivity index (χ4v) is 2.81. The zero-order valence-electron chi connectivity index (χ0n) is 10.4. The highest BCUT2D eigenvalue weighted by molar-refractivity contribution is 6.42. The van der Waals surface area contributed by atoms with Gasteiger partial charge in [-0.1, -0.05) is 35.3 Å². The molecule has 1 fully saturated rings. The molecule has 2 rings (SSSR count). The lowest BCUT2D eigenvalue weighted by molar-refractivity contribution is 0.00912. The molecule has 0 amide bonds. The summed E-state index contributed by atoms with van der Waals surface area (Å²) in [6, 6.07) is 5.55. The van der Waals surface area contributed by atoms with Crippen LogP contribution in [0, 0.1) is 0 Å². The summed E-state index contributed by atoms with van der Waals surface area (Å²) in [6.07, 6.45) is 5.83. The monoisotopic (exact) mass is 287 g/mol. The summed E-state index contributed by atoms with van der Waals surface area (Å²) in [5.74, 6) is 0. The summed E-state index contributed by atoms with van der Waals surface area (Å²) in [7, 11) is 0. The number of rotatable bonds is 4. The number of halogens is 2. The molecule has 2 atom stereocenters. The minimum atomic E-state index is -0.0678. The fraction of sp³-hybridized carbons (Fsp3) is 0.571. The van der Waals surface area contributed by atoms with Crippen molar-refractivity contribution in [2.75, 3.05) is 6.61 Å². The SMILES string of the molecule is NC(CCC1CCCCO1)c1cccc(Cl)c1Cl. The van der Waals surface area contributed by atoms with Crippen LogP contribution in [0.2, 0.25) is 10.0 Å². The van der Waals surface area contributed by atoms with E-state index in [0.29, 0.717) is 16.1 Å². The molecular weight excluding hydrogens is 269 g/mol. The normalized spacial score (nSPS) is 21.8. The molecule has 1 aromatic rings. The highest BCUT2D eigenvalue weighted by Gasteiger charge is 2.17. The first-order valence-electron chi connectivity index (χ1n) is 6.49. The van der Waals surface area contributed by atoms with E-state index in [4.69, 9.17) is 33.7 Å². The topological polar surface area (TPSA) is 35.2 Å². The average molecular weight is 288 g/mol. The lowest BCUT2D eigenvalue weighted by Gasteiger charge is -2.24. The van der Waals surface area contributed by atoms with Gasteiger partial charge in [0.1, 0.15) is 0 Å². The summed E-state index contributed by atoms with van der Waals surface area (Å²) >= 11 is 12.2. The van der Waals surface area contributed by atoms with Gasteiger partial charge in [-0.05, 0) is 43.7 Å². The van der Waals surface area contributed by atoms with E-state index >= 15 is 0 Å². The lowest BCUT2D eigenvalue weighted by Crippen LogP contribution is -2.21. The number of ether oxygens (including phenoxy) is 1. The molecule has 0 aromatic heterocycles. The van der Waals surface area contributed by atoms with Crippen molar-refractivity contribution in [3.8, 4) is 0 Å². The lowest BCUT2D eigenvalue weighted by atomic mass is 9.98. The molecule has 2 unspecified atom stereocenters. The quantitative estimate of drug-likeness (QED) is 0.894. The van der Waals surface area contributed by atoms with Gasteiger partial charge < -0.3 is 10.5 Å². The maximum atomic E-state index is 6.18. The van der Waals surface area contributed by atoms with Gasteiger partial charge in [0.2, 0.25) is 0 Å². The largest absolute Gasteiger partial charge is 0.378 e. The molecule has 0 aliphatic carbocycles. The Morgan fingerprint density at radius 3 is 2.89 bits per heavy atom. The maximum Gasteiger partial charge on any atom is 0.0639 e. The molecule has 1 aromatic carbocycles. The summed E-state index contributed by atoms with van der Waals surface area (Å²) in [6.45, 7) is 0.887. The molecule has 1 aliphatic rings.